The number of nitrogens with zero attached hydrogens (tertiary/aromatic N) is 2. The van der Waals surface area contributed by atoms with Gasteiger partial charge in [-0.1, -0.05) is 35.9 Å². The van der Waals surface area contributed by atoms with Gasteiger partial charge in [0.15, 0.2) is 5.82 Å². The number of benzene rings is 2. The molecule has 0 atom stereocenters. The monoisotopic (exact) mass is 249 g/mol. The average Bonchev–Trinajstić information content (AvgIpc) is 2.91. The molecule has 2 aromatic carbocycles. The third-order valence-corrected chi connectivity index (χ3v) is 2.93. The van der Waals surface area contributed by atoms with Crippen LogP contribution in [0.1, 0.15) is 5.56 Å². The van der Waals surface area contributed by atoms with Gasteiger partial charge in [-0.15, -0.1) is 0 Å². The van der Waals surface area contributed by atoms with Crippen LogP contribution in [-0.2, 0) is 0 Å². The predicted octanol–water partition coefficient (Wildman–Crippen LogP) is 3.92. The van der Waals surface area contributed by atoms with E-state index in [1.807, 2.05) is 47.3 Å². The Morgan fingerprint density at radius 3 is 2.37 bits per heavy atom. The molecule has 3 heteroatoms. The van der Waals surface area contributed by atoms with Crippen LogP contribution in [0.4, 0.5) is 11.5 Å². The van der Waals surface area contributed by atoms with E-state index in [1.165, 1.54) is 5.56 Å². The summed E-state index contributed by atoms with van der Waals surface area (Å²) in [6.07, 6.45) is 1.95. The zero-order valence-corrected chi connectivity index (χ0v) is 10.7. The van der Waals surface area contributed by atoms with E-state index in [-0.39, 0.29) is 0 Å². The van der Waals surface area contributed by atoms with Gasteiger partial charge in [-0.25, -0.2) is 4.68 Å². The highest BCUT2D eigenvalue weighted by Crippen LogP contribution is 2.16. The molecular weight excluding hydrogens is 234 g/mol. The molecule has 19 heavy (non-hydrogen) atoms. The third kappa shape index (κ3) is 2.65. The Morgan fingerprint density at radius 1 is 0.895 bits per heavy atom. The molecule has 3 aromatic rings. The van der Waals surface area contributed by atoms with Gasteiger partial charge in [0, 0.05) is 18.0 Å². The van der Waals surface area contributed by atoms with Crippen LogP contribution in [0.2, 0.25) is 0 Å². The van der Waals surface area contributed by atoms with Gasteiger partial charge < -0.3 is 5.32 Å². The van der Waals surface area contributed by atoms with Crippen molar-refractivity contribution in [1.82, 2.24) is 9.78 Å². The summed E-state index contributed by atoms with van der Waals surface area (Å²) in [5.41, 5.74) is 3.35. The highest BCUT2D eigenvalue weighted by atomic mass is 15.3. The lowest BCUT2D eigenvalue weighted by molar-refractivity contribution is 0.884. The van der Waals surface area contributed by atoms with Crippen LogP contribution in [0, 0.1) is 6.92 Å². The van der Waals surface area contributed by atoms with Crippen molar-refractivity contribution in [3.8, 4) is 5.69 Å². The molecule has 0 saturated heterocycles. The molecule has 94 valence electrons. The molecule has 3 rings (SSSR count). The van der Waals surface area contributed by atoms with E-state index in [4.69, 9.17) is 0 Å². The minimum atomic E-state index is 0.840. The van der Waals surface area contributed by atoms with Crippen LogP contribution >= 0.6 is 0 Å². The highest BCUT2D eigenvalue weighted by molar-refractivity contribution is 5.56. The summed E-state index contributed by atoms with van der Waals surface area (Å²) in [4.78, 5) is 0. The van der Waals surface area contributed by atoms with Crippen molar-refractivity contribution >= 4 is 11.5 Å². The molecule has 0 aliphatic carbocycles. The van der Waals surface area contributed by atoms with E-state index < -0.39 is 0 Å². The summed E-state index contributed by atoms with van der Waals surface area (Å²) < 4.78 is 1.86. The number of anilines is 2. The molecule has 3 nitrogen and oxygen atoms in total. The van der Waals surface area contributed by atoms with Gasteiger partial charge in [-0.3, -0.25) is 0 Å². The number of aryl methyl sites for hydroxylation is 1. The second-order valence-electron chi connectivity index (χ2n) is 4.47. The lowest BCUT2D eigenvalue weighted by atomic mass is 10.2. The molecule has 0 saturated carbocycles. The van der Waals surface area contributed by atoms with Crippen molar-refractivity contribution in [3.63, 3.8) is 0 Å². The van der Waals surface area contributed by atoms with Crippen LogP contribution in [0.15, 0.2) is 66.9 Å². The summed E-state index contributed by atoms with van der Waals surface area (Å²) in [7, 11) is 0. The minimum Gasteiger partial charge on any atom is -0.339 e. The van der Waals surface area contributed by atoms with Crippen LogP contribution < -0.4 is 5.32 Å². The molecule has 0 fully saturated rings. The van der Waals surface area contributed by atoms with E-state index in [2.05, 4.69) is 41.6 Å². The lowest BCUT2D eigenvalue weighted by Gasteiger charge is -2.03. The number of hydrogen-bond acceptors (Lipinski definition) is 2. The van der Waals surface area contributed by atoms with Crippen molar-refractivity contribution in [2.45, 2.75) is 6.92 Å². The molecular formula is C16H15N3. The summed E-state index contributed by atoms with van der Waals surface area (Å²) in [6.45, 7) is 2.08. The zero-order valence-electron chi connectivity index (χ0n) is 10.7. The van der Waals surface area contributed by atoms with E-state index >= 15 is 0 Å². The van der Waals surface area contributed by atoms with Gasteiger partial charge in [0.1, 0.15) is 0 Å². The van der Waals surface area contributed by atoms with Crippen LogP contribution in [-0.4, -0.2) is 9.78 Å². The van der Waals surface area contributed by atoms with Crippen LogP contribution in [0.5, 0.6) is 0 Å². The molecule has 0 aliphatic rings. The van der Waals surface area contributed by atoms with Gasteiger partial charge in [0.2, 0.25) is 0 Å². The maximum absolute atomic E-state index is 4.50. The van der Waals surface area contributed by atoms with Crippen molar-refractivity contribution in [3.05, 3.63) is 72.4 Å². The number of hydrogen-bond donors (Lipinski definition) is 1. The Morgan fingerprint density at radius 2 is 1.63 bits per heavy atom. The Bertz CT molecular complexity index is 654. The third-order valence-electron chi connectivity index (χ3n) is 2.93. The Labute approximate surface area is 112 Å². The number of para-hydroxylation sites is 1. The first-order valence-corrected chi connectivity index (χ1v) is 6.26. The summed E-state index contributed by atoms with van der Waals surface area (Å²) in [5, 5.41) is 7.79. The standard InChI is InChI=1S/C16H15N3/c1-13-7-9-14(10-8-13)17-16-11-12-19(18-16)15-5-3-2-4-6-15/h2-12H,1H3,(H,17,18). The molecule has 0 aliphatic heterocycles. The van der Waals surface area contributed by atoms with Crippen molar-refractivity contribution < 1.29 is 0 Å². The summed E-state index contributed by atoms with van der Waals surface area (Å²) in [6, 6.07) is 20.3. The first-order valence-electron chi connectivity index (χ1n) is 6.26. The van der Waals surface area contributed by atoms with E-state index in [0.29, 0.717) is 0 Å². The van der Waals surface area contributed by atoms with Gasteiger partial charge in [0.25, 0.3) is 0 Å². The fourth-order valence-electron chi connectivity index (χ4n) is 1.90. The quantitative estimate of drug-likeness (QED) is 0.762. The normalized spacial score (nSPS) is 10.4. The molecule has 1 heterocycles. The topological polar surface area (TPSA) is 29.9 Å². The number of aromatic nitrogens is 2. The van der Waals surface area contributed by atoms with Gasteiger partial charge in [-0.2, -0.15) is 5.10 Å². The summed E-state index contributed by atoms with van der Waals surface area (Å²) >= 11 is 0. The molecule has 0 amide bonds. The fraction of sp³-hybridized carbons (Fsp3) is 0.0625. The van der Waals surface area contributed by atoms with Crippen LogP contribution in [0.25, 0.3) is 5.69 Å². The van der Waals surface area contributed by atoms with E-state index in [0.717, 1.165) is 17.2 Å². The van der Waals surface area contributed by atoms with Gasteiger partial charge >= 0.3 is 0 Å². The molecule has 0 unspecified atom stereocenters. The van der Waals surface area contributed by atoms with Crippen LogP contribution in [0.3, 0.4) is 0 Å². The second kappa shape index (κ2) is 4.98. The summed E-state index contributed by atoms with van der Waals surface area (Å²) in [5.74, 6) is 0.840. The Balaban J connectivity index is 1.80. The predicted molar refractivity (Wildman–Crippen MR) is 78.0 cm³/mol. The lowest BCUT2D eigenvalue weighted by Crippen LogP contribution is -1.96. The fourth-order valence-corrected chi connectivity index (χ4v) is 1.90. The number of nitrogens with one attached hydrogen (secondary N) is 1. The largest absolute Gasteiger partial charge is 0.339 e. The molecule has 0 radical (unpaired) electrons. The average molecular weight is 249 g/mol. The SMILES string of the molecule is Cc1ccc(Nc2ccn(-c3ccccc3)n2)cc1. The van der Waals surface area contributed by atoms with Crippen molar-refractivity contribution in [2.24, 2.45) is 0 Å². The molecule has 1 N–H and O–H groups in total. The maximum Gasteiger partial charge on any atom is 0.152 e. The second-order valence-corrected chi connectivity index (χ2v) is 4.47. The molecule has 0 spiro atoms. The van der Waals surface area contributed by atoms with E-state index in [9.17, 15) is 0 Å². The first kappa shape index (κ1) is 11.5. The van der Waals surface area contributed by atoms with Crippen molar-refractivity contribution in [2.75, 3.05) is 5.32 Å². The highest BCUT2D eigenvalue weighted by Gasteiger charge is 2.00. The Kier molecular flexibility index (Phi) is 3.02. The zero-order chi connectivity index (χ0) is 13.1. The maximum atomic E-state index is 4.50. The van der Waals surface area contributed by atoms with Gasteiger partial charge in [0.05, 0.1) is 5.69 Å². The molecule has 1 aromatic heterocycles. The first-order chi connectivity index (χ1) is 9.31. The number of rotatable bonds is 3. The smallest absolute Gasteiger partial charge is 0.152 e. The minimum absolute atomic E-state index is 0.840. The van der Waals surface area contributed by atoms with Gasteiger partial charge in [-0.05, 0) is 31.2 Å². The Hall–Kier alpha value is -2.55. The van der Waals surface area contributed by atoms with Crippen molar-refractivity contribution in [1.29, 1.82) is 0 Å². The van der Waals surface area contributed by atoms with E-state index in [1.54, 1.807) is 0 Å². The molecule has 0 bridgehead atoms.